The summed E-state index contributed by atoms with van der Waals surface area (Å²) in [6.07, 6.45) is -4.42. The van der Waals surface area contributed by atoms with Crippen LogP contribution in [0.1, 0.15) is 11.1 Å². The van der Waals surface area contributed by atoms with Crippen LogP contribution in [0.15, 0.2) is 18.2 Å². The van der Waals surface area contributed by atoms with Crippen molar-refractivity contribution in [3.8, 4) is 0 Å². The Morgan fingerprint density at radius 2 is 2.00 bits per heavy atom. The van der Waals surface area contributed by atoms with E-state index in [0.29, 0.717) is 0 Å². The van der Waals surface area contributed by atoms with Gasteiger partial charge in [-0.3, -0.25) is 4.79 Å². The maximum absolute atomic E-state index is 12.5. The maximum atomic E-state index is 12.5. The molecule has 1 rings (SSSR count). The fraction of sp³-hybridized carbons (Fsp3) is 0.300. The minimum atomic E-state index is -4.42. The first-order valence-corrected chi connectivity index (χ1v) is 4.52. The molecule has 0 atom stereocenters. The van der Waals surface area contributed by atoms with Gasteiger partial charge in [0.05, 0.1) is 12.1 Å². The molecule has 17 heavy (non-hydrogen) atoms. The molecule has 0 fully saturated rings. The Kier molecular flexibility index (Phi) is 5.44. The third kappa shape index (κ3) is 4.24. The number of alkyl halides is 3. The first-order chi connectivity index (χ1) is 7.34. The van der Waals surface area contributed by atoms with Crippen LogP contribution >= 0.6 is 12.4 Å². The lowest BCUT2D eigenvalue weighted by Crippen LogP contribution is -2.22. The highest BCUT2D eigenvalue weighted by molar-refractivity contribution is 5.92. The minimum absolute atomic E-state index is 0. The third-order valence-electron chi connectivity index (χ3n) is 2.01. The number of hydrogen-bond acceptors (Lipinski definition) is 2. The molecule has 96 valence electrons. The average molecular weight is 269 g/mol. The van der Waals surface area contributed by atoms with Crippen LogP contribution in [0.4, 0.5) is 18.9 Å². The van der Waals surface area contributed by atoms with Gasteiger partial charge in [-0.25, -0.2) is 0 Å². The van der Waals surface area contributed by atoms with Gasteiger partial charge < -0.3 is 11.1 Å². The predicted octanol–water partition coefficient (Wildman–Crippen LogP) is 2.33. The summed E-state index contributed by atoms with van der Waals surface area (Å²) in [6.45, 7) is 1.09. The standard InChI is InChI=1S/C10H11F3N2O.ClH/c1-6-2-3-7(15-9(16)5-14)4-8(6)10(11,12)13;/h2-4H,5,14H2,1H3,(H,15,16);1H. The van der Waals surface area contributed by atoms with Gasteiger partial charge in [-0.2, -0.15) is 13.2 Å². The molecule has 1 aromatic carbocycles. The van der Waals surface area contributed by atoms with Crippen molar-refractivity contribution in [2.45, 2.75) is 13.1 Å². The molecule has 0 radical (unpaired) electrons. The Morgan fingerprint density at radius 1 is 1.41 bits per heavy atom. The van der Waals surface area contributed by atoms with Crippen molar-refractivity contribution in [1.29, 1.82) is 0 Å². The van der Waals surface area contributed by atoms with Crippen LogP contribution in [-0.4, -0.2) is 12.5 Å². The van der Waals surface area contributed by atoms with E-state index in [1.54, 1.807) is 0 Å². The largest absolute Gasteiger partial charge is 0.416 e. The summed E-state index contributed by atoms with van der Waals surface area (Å²) in [4.78, 5) is 10.9. The second-order valence-corrected chi connectivity index (χ2v) is 3.28. The van der Waals surface area contributed by atoms with E-state index in [1.165, 1.54) is 19.1 Å². The highest BCUT2D eigenvalue weighted by Gasteiger charge is 2.32. The number of benzene rings is 1. The van der Waals surface area contributed by atoms with Crippen molar-refractivity contribution in [2.24, 2.45) is 5.73 Å². The van der Waals surface area contributed by atoms with Crippen LogP contribution in [0.5, 0.6) is 0 Å². The zero-order chi connectivity index (χ0) is 12.3. The minimum Gasteiger partial charge on any atom is -0.325 e. The van der Waals surface area contributed by atoms with Crippen molar-refractivity contribution < 1.29 is 18.0 Å². The number of nitrogens with one attached hydrogen (secondary N) is 1. The van der Waals surface area contributed by atoms with Crippen LogP contribution in [-0.2, 0) is 11.0 Å². The Hall–Kier alpha value is -1.27. The summed E-state index contributed by atoms with van der Waals surface area (Å²) in [6, 6.07) is 3.59. The smallest absolute Gasteiger partial charge is 0.325 e. The summed E-state index contributed by atoms with van der Waals surface area (Å²) < 4.78 is 37.5. The number of nitrogens with two attached hydrogens (primary N) is 1. The van der Waals surface area contributed by atoms with Crippen LogP contribution in [0.25, 0.3) is 0 Å². The highest BCUT2D eigenvalue weighted by Crippen LogP contribution is 2.33. The fourth-order valence-corrected chi connectivity index (χ4v) is 1.22. The van der Waals surface area contributed by atoms with Crippen LogP contribution in [0.3, 0.4) is 0 Å². The second-order valence-electron chi connectivity index (χ2n) is 3.28. The first-order valence-electron chi connectivity index (χ1n) is 4.52. The molecular formula is C10H12ClF3N2O. The quantitative estimate of drug-likeness (QED) is 0.865. The van der Waals surface area contributed by atoms with E-state index in [2.05, 4.69) is 5.32 Å². The molecular weight excluding hydrogens is 257 g/mol. The molecule has 3 N–H and O–H groups in total. The number of carbonyl (C=O) groups is 1. The van der Waals surface area contributed by atoms with Gasteiger partial charge in [-0.15, -0.1) is 12.4 Å². The molecule has 0 unspecified atom stereocenters. The van der Waals surface area contributed by atoms with Crippen LogP contribution in [0, 0.1) is 6.92 Å². The molecule has 1 aromatic rings. The highest BCUT2D eigenvalue weighted by atomic mass is 35.5. The molecule has 0 aliphatic heterocycles. The Labute approximate surface area is 103 Å². The Morgan fingerprint density at radius 3 is 2.47 bits per heavy atom. The fourth-order valence-electron chi connectivity index (χ4n) is 1.22. The molecule has 0 bridgehead atoms. The molecule has 0 aliphatic carbocycles. The zero-order valence-corrected chi connectivity index (χ0v) is 9.78. The Bertz CT molecular complexity index is 407. The number of amides is 1. The summed E-state index contributed by atoms with van der Waals surface area (Å²) in [5.74, 6) is -0.531. The van der Waals surface area contributed by atoms with Gasteiger partial charge >= 0.3 is 6.18 Å². The van der Waals surface area contributed by atoms with Crippen molar-refractivity contribution in [3.05, 3.63) is 29.3 Å². The van der Waals surface area contributed by atoms with Gasteiger partial charge in [0.2, 0.25) is 5.91 Å². The molecule has 0 spiro atoms. The van der Waals surface area contributed by atoms with Crippen molar-refractivity contribution in [3.63, 3.8) is 0 Å². The molecule has 0 saturated heterocycles. The number of aryl methyl sites for hydroxylation is 1. The molecule has 3 nitrogen and oxygen atoms in total. The molecule has 0 aliphatic rings. The second kappa shape index (κ2) is 5.88. The normalized spacial score (nSPS) is 10.6. The summed E-state index contributed by atoms with van der Waals surface area (Å²) in [5.41, 5.74) is 4.48. The molecule has 7 heteroatoms. The lowest BCUT2D eigenvalue weighted by atomic mass is 10.1. The molecule has 0 aromatic heterocycles. The van der Waals surface area contributed by atoms with E-state index in [-0.39, 0.29) is 30.2 Å². The number of halogens is 4. The maximum Gasteiger partial charge on any atom is 0.416 e. The van der Waals surface area contributed by atoms with Crippen molar-refractivity contribution in [2.75, 3.05) is 11.9 Å². The van der Waals surface area contributed by atoms with Crippen molar-refractivity contribution >= 4 is 24.0 Å². The monoisotopic (exact) mass is 268 g/mol. The van der Waals surface area contributed by atoms with Gasteiger partial charge in [-0.1, -0.05) is 6.07 Å². The van der Waals surface area contributed by atoms with Crippen LogP contribution in [0.2, 0.25) is 0 Å². The molecule has 1 amide bonds. The van der Waals surface area contributed by atoms with Gasteiger partial charge in [0, 0.05) is 5.69 Å². The van der Waals surface area contributed by atoms with E-state index in [4.69, 9.17) is 5.73 Å². The predicted molar refractivity (Wildman–Crippen MR) is 61.1 cm³/mol. The summed E-state index contributed by atoms with van der Waals surface area (Å²) in [5, 5.41) is 2.27. The number of anilines is 1. The Balaban J connectivity index is 0.00000256. The summed E-state index contributed by atoms with van der Waals surface area (Å²) >= 11 is 0. The first kappa shape index (κ1) is 15.7. The van der Waals surface area contributed by atoms with Crippen LogP contribution < -0.4 is 11.1 Å². The summed E-state index contributed by atoms with van der Waals surface area (Å²) in [7, 11) is 0. The lowest BCUT2D eigenvalue weighted by Gasteiger charge is -2.12. The van der Waals surface area contributed by atoms with E-state index < -0.39 is 17.6 Å². The van der Waals surface area contributed by atoms with Crippen molar-refractivity contribution in [1.82, 2.24) is 0 Å². The van der Waals surface area contributed by atoms with E-state index in [0.717, 1.165) is 6.07 Å². The number of hydrogen-bond donors (Lipinski definition) is 2. The van der Waals surface area contributed by atoms with Gasteiger partial charge in [0.15, 0.2) is 0 Å². The van der Waals surface area contributed by atoms with E-state index in [1.807, 2.05) is 0 Å². The van der Waals surface area contributed by atoms with Gasteiger partial charge in [0.1, 0.15) is 0 Å². The third-order valence-corrected chi connectivity index (χ3v) is 2.01. The van der Waals surface area contributed by atoms with Gasteiger partial charge in [0.25, 0.3) is 0 Å². The van der Waals surface area contributed by atoms with E-state index >= 15 is 0 Å². The number of rotatable bonds is 2. The SMILES string of the molecule is Cc1ccc(NC(=O)CN)cc1C(F)(F)F.Cl. The number of carbonyl (C=O) groups excluding carboxylic acids is 1. The average Bonchev–Trinajstić information content (AvgIpc) is 2.19. The topological polar surface area (TPSA) is 55.1 Å². The lowest BCUT2D eigenvalue weighted by molar-refractivity contribution is -0.138. The molecule has 0 saturated carbocycles. The zero-order valence-electron chi connectivity index (χ0n) is 8.97. The van der Waals surface area contributed by atoms with E-state index in [9.17, 15) is 18.0 Å². The van der Waals surface area contributed by atoms with Gasteiger partial charge in [-0.05, 0) is 24.6 Å². The molecule has 0 heterocycles.